The third-order valence-corrected chi connectivity index (χ3v) is 7.12. The Morgan fingerprint density at radius 2 is 1.79 bits per heavy atom. The quantitative estimate of drug-likeness (QED) is 0.491. The van der Waals surface area contributed by atoms with Crippen LogP contribution in [0.1, 0.15) is 50.2 Å². The average molecular weight is 488 g/mol. The van der Waals surface area contributed by atoms with Gasteiger partial charge in [0.1, 0.15) is 5.75 Å². The molecule has 1 N–H and O–H groups in total. The van der Waals surface area contributed by atoms with Crippen molar-refractivity contribution < 1.29 is 17.9 Å². The predicted octanol–water partition coefficient (Wildman–Crippen LogP) is 3.93. The van der Waals surface area contributed by atoms with E-state index in [1.54, 1.807) is 18.2 Å². The molecule has 34 heavy (non-hydrogen) atoms. The summed E-state index contributed by atoms with van der Waals surface area (Å²) in [5.74, 6) is 0.428. The van der Waals surface area contributed by atoms with E-state index in [0.717, 1.165) is 25.2 Å². The molecule has 0 bridgehead atoms. The summed E-state index contributed by atoms with van der Waals surface area (Å²) in [6.07, 6.45) is 5.69. The van der Waals surface area contributed by atoms with Crippen LogP contribution >= 0.6 is 0 Å². The number of carbonyl (C=O) groups is 1. The number of amides is 1. The highest BCUT2D eigenvalue weighted by Gasteiger charge is 2.21. The van der Waals surface area contributed by atoms with Crippen LogP contribution in [-0.2, 0) is 27.9 Å². The van der Waals surface area contributed by atoms with Gasteiger partial charge in [-0.15, -0.1) is 0 Å². The van der Waals surface area contributed by atoms with Crippen molar-refractivity contribution in [1.29, 1.82) is 0 Å². The molecule has 0 saturated carbocycles. The minimum Gasteiger partial charge on any atom is -0.492 e. The molecule has 1 saturated heterocycles. The number of benzene rings is 2. The number of anilines is 1. The van der Waals surface area contributed by atoms with Crippen molar-refractivity contribution in [3.63, 3.8) is 0 Å². The lowest BCUT2D eigenvalue weighted by molar-refractivity contribution is -0.121. The van der Waals surface area contributed by atoms with Crippen LogP contribution in [0.4, 0.5) is 5.69 Å². The van der Waals surface area contributed by atoms with Gasteiger partial charge in [0.2, 0.25) is 15.9 Å². The van der Waals surface area contributed by atoms with Gasteiger partial charge < -0.3 is 10.1 Å². The van der Waals surface area contributed by atoms with Crippen molar-refractivity contribution in [2.75, 3.05) is 36.8 Å². The second-order valence-electron chi connectivity index (χ2n) is 8.77. The monoisotopic (exact) mass is 487 g/mol. The number of nitrogens with one attached hydrogen (secondary N) is 1. The molecule has 0 spiro atoms. The third-order valence-electron chi connectivity index (χ3n) is 5.94. The first-order valence-electron chi connectivity index (χ1n) is 12.1. The van der Waals surface area contributed by atoms with Crippen LogP contribution in [0.25, 0.3) is 0 Å². The second-order valence-corrected chi connectivity index (χ2v) is 10.7. The molecular formula is C26H37N3O4S. The molecule has 186 valence electrons. The first-order chi connectivity index (χ1) is 16.4. The Balaban J connectivity index is 1.50. The van der Waals surface area contributed by atoms with E-state index in [4.69, 9.17) is 4.74 Å². The van der Waals surface area contributed by atoms with Crippen LogP contribution in [0.2, 0.25) is 0 Å². The molecule has 1 amide bonds. The largest absolute Gasteiger partial charge is 0.492 e. The van der Waals surface area contributed by atoms with Crippen molar-refractivity contribution >= 4 is 21.6 Å². The summed E-state index contributed by atoms with van der Waals surface area (Å²) in [7, 11) is -3.51. The van der Waals surface area contributed by atoms with Gasteiger partial charge in [-0.3, -0.25) is 14.0 Å². The lowest BCUT2D eigenvalue weighted by Crippen LogP contribution is -2.32. The van der Waals surface area contributed by atoms with E-state index in [9.17, 15) is 13.2 Å². The maximum Gasteiger partial charge on any atom is 0.232 e. The maximum atomic E-state index is 12.4. The Morgan fingerprint density at radius 1 is 1.06 bits per heavy atom. The minimum atomic E-state index is -3.51. The molecule has 1 aliphatic rings. The molecule has 1 fully saturated rings. The standard InChI is InChI=1S/C26H37N3O4S/c1-3-33-25-14-6-5-13-24(25)29(34(2,31)32)18-10-15-26(30)27-20-22-11-9-12-23(19-22)21-28-16-7-4-8-17-28/h5-6,9,11-14,19H,3-4,7-8,10,15-18,20-21H2,1-2H3,(H,27,30). The highest BCUT2D eigenvalue weighted by Crippen LogP contribution is 2.30. The zero-order chi connectivity index (χ0) is 24.4. The molecule has 8 heteroatoms. The van der Waals surface area contributed by atoms with Crippen LogP contribution in [0, 0.1) is 0 Å². The summed E-state index contributed by atoms with van der Waals surface area (Å²) in [5, 5.41) is 2.97. The lowest BCUT2D eigenvalue weighted by Gasteiger charge is -2.26. The zero-order valence-corrected chi connectivity index (χ0v) is 21.1. The van der Waals surface area contributed by atoms with Gasteiger partial charge in [0.15, 0.2) is 0 Å². The van der Waals surface area contributed by atoms with Gasteiger partial charge in [-0.2, -0.15) is 0 Å². The smallest absolute Gasteiger partial charge is 0.232 e. The Morgan fingerprint density at radius 3 is 2.53 bits per heavy atom. The van der Waals surface area contributed by atoms with Crippen molar-refractivity contribution in [1.82, 2.24) is 10.2 Å². The van der Waals surface area contributed by atoms with Gasteiger partial charge in [0.25, 0.3) is 0 Å². The summed E-state index contributed by atoms with van der Waals surface area (Å²) in [5.41, 5.74) is 2.84. The van der Waals surface area contributed by atoms with E-state index in [-0.39, 0.29) is 18.9 Å². The predicted molar refractivity (Wildman–Crippen MR) is 136 cm³/mol. The minimum absolute atomic E-state index is 0.0898. The summed E-state index contributed by atoms with van der Waals surface area (Å²) in [6, 6.07) is 15.4. The van der Waals surface area contributed by atoms with E-state index >= 15 is 0 Å². The summed E-state index contributed by atoms with van der Waals surface area (Å²) in [4.78, 5) is 14.9. The number of sulfonamides is 1. The molecular weight excluding hydrogens is 450 g/mol. The third kappa shape index (κ3) is 8.02. The number of para-hydroxylation sites is 2. The molecule has 2 aromatic rings. The topological polar surface area (TPSA) is 79.0 Å². The lowest BCUT2D eigenvalue weighted by atomic mass is 10.1. The average Bonchev–Trinajstić information content (AvgIpc) is 2.81. The molecule has 2 aromatic carbocycles. The molecule has 0 unspecified atom stereocenters. The van der Waals surface area contributed by atoms with Gasteiger partial charge >= 0.3 is 0 Å². The fraction of sp³-hybridized carbons (Fsp3) is 0.500. The first kappa shape index (κ1) is 26.0. The van der Waals surface area contributed by atoms with Crippen LogP contribution in [-0.4, -0.2) is 51.7 Å². The normalized spacial score (nSPS) is 14.5. The van der Waals surface area contributed by atoms with Gasteiger partial charge in [0.05, 0.1) is 18.6 Å². The van der Waals surface area contributed by atoms with Crippen LogP contribution < -0.4 is 14.4 Å². The summed E-state index contributed by atoms with van der Waals surface area (Å²) in [6.45, 7) is 6.23. The van der Waals surface area contributed by atoms with Crippen molar-refractivity contribution in [2.24, 2.45) is 0 Å². The summed E-state index contributed by atoms with van der Waals surface area (Å²) >= 11 is 0. The number of hydrogen-bond acceptors (Lipinski definition) is 5. The van der Waals surface area contributed by atoms with E-state index in [0.29, 0.717) is 31.0 Å². The fourth-order valence-electron chi connectivity index (χ4n) is 4.29. The number of piperidine rings is 1. The molecule has 0 atom stereocenters. The van der Waals surface area contributed by atoms with Crippen molar-refractivity contribution in [3.8, 4) is 5.75 Å². The van der Waals surface area contributed by atoms with E-state index < -0.39 is 10.0 Å². The number of nitrogens with zero attached hydrogens (tertiary/aromatic N) is 2. The zero-order valence-electron chi connectivity index (χ0n) is 20.3. The van der Waals surface area contributed by atoms with Gasteiger partial charge in [-0.25, -0.2) is 8.42 Å². The SMILES string of the molecule is CCOc1ccccc1N(CCCC(=O)NCc1cccc(CN2CCCCC2)c1)S(C)(=O)=O. The number of carbonyl (C=O) groups excluding carboxylic acids is 1. The van der Waals surface area contributed by atoms with Crippen molar-refractivity contribution in [3.05, 3.63) is 59.7 Å². The fourth-order valence-corrected chi connectivity index (χ4v) is 5.26. The molecule has 0 aromatic heterocycles. The van der Waals surface area contributed by atoms with Gasteiger partial charge in [0, 0.05) is 26.1 Å². The molecule has 7 nitrogen and oxygen atoms in total. The van der Waals surface area contributed by atoms with Crippen LogP contribution in [0.5, 0.6) is 5.75 Å². The highest BCUT2D eigenvalue weighted by atomic mass is 32.2. The summed E-state index contributed by atoms with van der Waals surface area (Å²) < 4.78 is 31.7. The molecule has 1 aliphatic heterocycles. The van der Waals surface area contributed by atoms with Gasteiger partial charge in [-0.1, -0.05) is 42.8 Å². The second kappa shape index (κ2) is 12.8. The number of rotatable bonds is 12. The first-order valence-corrected chi connectivity index (χ1v) is 14.0. The Hall–Kier alpha value is -2.58. The molecule has 0 radical (unpaired) electrons. The van der Waals surface area contributed by atoms with Crippen LogP contribution in [0.15, 0.2) is 48.5 Å². The highest BCUT2D eigenvalue weighted by molar-refractivity contribution is 7.92. The van der Waals surface area contributed by atoms with E-state index in [1.807, 2.05) is 25.1 Å². The Labute approximate surface area is 204 Å². The van der Waals surface area contributed by atoms with Crippen LogP contribution in [0.3, 0.4) is 0 Å². The number of hydrogen-bond donors (Lipinski definition) is 1. The maximum absolute atomic E-state index is 12.4. The van der Waals surface area contributed by atoms with E-state index in [2.05, 4.69) is 22.3 Å². The molecule has 0 aliphatic carbocycles. The number of ether oxygens (including phenoxy) is 1. The van der Waals surface area contributed by atoms with Gasteiger partial charge in [-0.05, 0) is 62.5 Å². The number of likely N-dealkylation sites (tertiary alicyclic amines) is 1. The molecule has 3 rings (SSSR count). The molecule has 1 heterocycles. The Kier molecular flexibility index (Phi) is 9.77. The van der Waals surface area contributed by atoms with E-state index in [1.165, 1.54) is 35.4 Å². The van der Waals surface area contributed by atoms with Crippen molar-refractivity contribution in [2.45, 2.75) is 52.1 Å². The Bertz CT molecular complexity index is 1040.